The molecule has 2 atom stereocenters. The lowest BCUT2D eigenvalue weighted by atomic mass is 10.2. The monoisotopic (exact) mass is 174 g/mol. The summed E-state index contributed by atoms with van der Waals surface area (Å²) in [6.07, 6.45) is 0.691. The molecule has 0 aliphatic rings. The maximum atomic E-state index is 11.1. The third kappa shape index (κ3) is 3.69. The number of likely N-dealkylation sites (N-methyl/N-ethyl adjacent to an activating group) is 1. The van der Waals surface area contributed by atoms with Gasteiger partial charge in [0.25, 0.3) is 0 Å². The minimum Gasteiger partial charge on any atom is -0.379 e. The summed E-state index contributed by atoms with van der Waals surface area (Å²) in [5.74, 6) is -0.0787. The highest BCUT2D eigenvalue weighted by Crippen LogP contribution is 1.94. The van der Waals surface area contributed by atoms with Crippen molar-refractivity contribution in [2.75, 3.05) is 7.05 Å². The molecule has 0 heterocycles. The first-order chi connectivity index (χ1) is 5.65. The van der Waals surface area contributed by atoms with E-state index in [-0.39, 0.29) is 11.9 Å². The molecular formula is C8H18N2O2. The Kier molecular flexibility index (Phi) is 5.66. The average molecular weight is 174 g/mol. The van der Waals surface area contributed by atoms with Crippen molar-refractivity contribution in [3.05, 3.63) is 0 Å². The Labute approximate surface area is 73.3 Å². The number of hydrogen-bond acceptors (Lipinski definition) is 3. The topological polar surface area (TPSA) is 61.4 Å². The van der Waals surface area contributed by atoms with Gasteiger partial charge in [-0.2, -0.15) is 0 Å². The first kappa shape index (κ1) is 11.4. The van der Waals surface area contributed by atoms with Crippen LogP contribution in [0, 0.1) is 0 Å². The smallest absolute Gasteiger partial charge is 0.236 e. The Balaban J connectivity index is 3.90. The lowest BCUT2D eigenvalue weighted by molar-refractivity contribution is -0.123. The van der Waals surface area contributed by atoms with E-state index in [0.29, 0.717) is 12.8 Å². The van der Waals surface area contributed by atoms with E-state index >= 15 is 0 Å². The van der Waals surface area contributed by atoms with Crippen LogP contribution in [0.1, 0.15) is 26.7 Å². The molecule has 4 nitrogen and oxygen atoms in total. The molecule has 0 fully saturated rings. The highest BCUT2D eigenvalue weighted by atomic mass is 16.3. The van der Waals surface area contributed by atoms with Crippen LogP contribution in [0.4, 0.5) is 0 Å². The maximum absolute atomic E-state index is 11.1. The van der Waals surface area contributed by atoms with Crippen molar-refractivity contribution in [1.82, 2.24) is 10.6 Å². The molecule has 72 valence electrons. The summed E-state index contributed by atoms with van der Waals surface area (Å²) < 4.78 is 0. The summed E-state index contributed by atoms with van der Waals surface area (Å²) in [6.45, 7) is 3.75. The molecule has 4 heteroatoms. The second-order valence-electron chi connectivity index (χ2n) is 2.67. The van der Waals surface area contributed by atoms with Gasteiger partial charge in [0.05, 0.1) is 6.04 Å². The zero-order valence-corrected chi connectivity index (χ0v) is 7.92. The standard InChI is InChI=1S/C8H18N2O2/c1-4-6(8(12)9-3)10-7(11)5-2/h6-7,10-11H,4-5H2,1-3H3,(H,9,12)/t6-,7?/m0/s1. The van der Waals surface area contributed by atoms with E-state index in [1.54, 1.807) is 7.05 Å². The third-order valence-corrected chi connectivity index (χ3v) is 1.75. The Morgan fingerprint density at radius 2 is 2.00 bits per heavy atom. The molecule has 0 rings (SSSR count). The van der Waals surface area contributed by atoms with Crippen molar-refractivity contribution in [3.8, 4) is 0 Å². The fourth-order valence-electron chi connectivity index (χ4n) is 0.903. The minimum absolute atomic E-state index is 0.0787. The van der Waals surface area contributed by atoms with Crippen LogP contribution in [-0.4, -0.2) is 30.3 Å². The van der Waals surface area contributed by atoms with Crippen molar-refractivity contribution in [2.45, 2.75) is 39.0 Å². The fraction of sp³-hybridized carbons (Fsp3) is 0.875. The van der Waals surface area contributed by atoms with E-state index in [1.165, 1.54) is 0 Å². The zero-order valence-electron chi connectivity index (χ0n) is 7.92. The predicted molar refractivity (Wildman–Crippen MR) is 47.6 cm³/mol. The van der Waals surface area contributed by atoms with Gasteiger partial charge in [-0.15, -0.1) is 0 Å². The Hall–Kier alpha value is -0.610. The number of carbonyl (C=O) groups is 1. The Morgan fingerprint density at radius 1 is 1.42 bits per heavy atom. The summed E-state index contributed by atoms with van der Waals surface area (Å²) in [5, 5.41) is 14.6. The summed E-state index contributed by atoms with van der Waals surface area (Å²) in [4.78, 5) is 11.1. The molecule has 0 saturated heterocycles. The lowest BCUT2D eigenvalue weighted by Gasteiger charge is -2.18. The second kappa shape index (κ2) is 5.97. The second-order valence-corrected chi connectivity index (χ2v) is 2.67. The van der Waals surface area contributed by atoms with E-state index in [9.17, 15) is 9.90 Å². The molecule has 0 radical (unpaired) electrons. The number of nitrogens with one attached hydrogen (secondary N) is 2. The largest absolute Gasteiger partial charge is 0.379 e. The maximum Gasteiger partial charge on any atom is 0.236 e. The van der Waals surface area contributed by atoms with Gasteiger partial charge in [0.1, 0.15) is 6.23 Å². The summed E-state index contributed by atoms with van der Waals surface area (Å²) in [5.41, 5.74) is 0. The average Bonchev–Trinajstić information content (AvgIpc) is 2.12. The molecule has 0 aromatic heterocycles. The predicted octanol–water partition coefficient (Wildman–Crippen LogP) is -0.171. The number of carbonyl (C=O) groups excluding carboxylic acids is 1. The van der Waals surface area contributed by atoms with Crippen LogP contribution in [0.5, 0.6) is 0 Å². The van der Waals surface area contributed by atoms with Gasteiger partial charge in [-0.25, -0.2) is 0 Å². The van der Waals surface area contributed by atoms with Crippen LogP contribution >= 0.6 is 0 Å². The van der Waals surface area contributed by atoms with Gasteiger partial charge in [0.2, 0.25) is 5.91 Å². The van der Waals surface area contributed by atoms with Gasteiger partial charge in [0.15, 0.2) is 0 Å². The van der Waals surface area contributed by atoms with Crippen molar-refractivity contribution in [3.63, 3.8) is 0 Å². The quantitative estimate of drug-likeness (QED) is 0.507. The number of aliphatic hydroxyl groups excluding tert-OH is 1. The summed E-state index contributed by atoms with van der Waals surface area (Å²) in [7, 11) is 1.59. The first-order valence-corrected chi connectivity index (χ1v) is 4.31. The van der Waals surface area contributed by atoms with E-state index < -0.39 is 6.23 Å². The van der Waals surface area contributed by atoms with Gasteiger partial charge in [-0.05, 0) is 12.8 Å². The van der Waals surface area contributed by atoms with Crippen molar-refractivity contribution in [1.29, 1.82) is 0 Å². The highest BCUT2D eigenvalue weighted by molar-refractivity contribution is 5.81. The van der Waals surface area contributed by atoms with Gasteiger partial charge >= 0.3 is 0 Å². The normalized spacial score (nSPS) is 15.3. The van der Waals surface area contributed by atoms with Crippen LogP contribution < -0.4 is 10.6 Å². The van der Waals surface area contributed by atoms with E-state index in [0.717, 1.165) is 0 Å². The van der Waals surface area contributed by atoms with Crippen molar-refractivity contribution >= 4 is 5.91 Å². The lowest BCUT2D eigenvalue weighted by Crippen LogP contribution is -2.46. The minimum atomic E-state index is -0.591. The third-order valence-electron chi connectivity index (χ3n) is 1.75. The summed E-state index contributed by atoms with van der Waals surface area (Å²) >= 11 is 0. The van der Waals surface area contributed by atoms with Crippen LogP contribution in [0.25, 0.3) is 0 Å². The first-order valence-electron chi connectivity index (χ1n) is 4.31. The fourth-order valence-corrected chi connectivity index (χ4v) is 0.903. The molecule has 0 aromatic carbocycles. The number of aliphatic hydroxyl groups is 1. The number of amides is 1. The van der Waals surface area contributed by atoms with E-state index in [4.69, 9.17) is 0 Å². The molecule has 1 amide bonds. The molecule has 0 bridgehead atoms. The molecule has 12 heavy (non-hydrogen) atoms. The van der Waals surface area contributed by atoms with E-state index in [1.807, 2.05) is 13.8 Å². The molecule has 1 unspecified atom stereocenters. The molecule has 0 aliphatic carbocycles. The molecule has 0 saturated carbocycles. The van der Waals surface area contributed by atoms with Crippen molar-refractivity contribution < 1.29 is 9.90 Å². The molecule has 0 aromatic rings. The molecule has 0 aliphatic heterocycles. The van der Waals surface area contributed by atoms with Crippen molar-refractivity contribution in [2.24, 2.45) is 0 Å². The molecule has 3 N–H and O–H groups in total. The van der Waals surface area contributed by atoms with Gasteiger partial charge in [0, 0.05) is 7.05 Å². The summed E-state index contributed by atoms with van der Waals surface area (Å²) in [6, 6.07) is -0.287. The zero-order chi connectivity index (χ0) is 9.56. The number of rotatable bonds is 5. The van der Waals surface area contributed by atoms with Crippen LogP contribution in [0.2, 0.25) is 0 Å². The van der Waals surface area contributed by atoms with Crippen LogP contribution in [0.3, 0.4) is 0 Å². The molecular weight excluding hydrogens is 156 g/mol. The van der Waals surface area contributed by atoms with Crippen LogP contribution in [0.15, 0.2) is 0 Å². The van der Waals surface area contributed by atoms with Gasteiger partial charge in [-0.1, -0.05) is 13.8 Å². The highest BCUT2D eigenvalue weighted by Gasteiger charge is 2.16. The Morgan fingerprint density at radius 3 is 2.33 bits per heavy atom. The van der Waals surface area contributed by atoms with E-state index in [2.05, 4.69) is 10.6 Å². The van der Waals surface area contributed by atoms with Gasteiger partial charge < -0.3 is 10.4 Å². The number of hydrogen-bond donors (Lipinski definition) is 3. The van der Waals surface area contributed by atoms with Crippen LogP contribution in [-0.2, 0) is 4.79 Å². The Bertz CT molecular complexity index is 139. The van der Waals surface area contributed by atoms with Gasteiger partial charge in [-0.3, -0.25) is 10.1 Å². The molecule has 0 spiro atoms. The SMILES string of the molecule is CCC(O)N[C@@H](CC)C(=O)NC.